The average Bonchev–Trinajstić information content (AvgIpc) is 3.39. The Kier molecular flexibility index (Phi) is 7.47. The minimum absolute atomic E-state index is 0.0429. The molecule has 1 unspecified atom stereocenters. The number of nitrogens with one attached hydrogen (secondary N) is 1. The third kappa shape index (κ3) is 6.01. The Morgan fingerprint density at radius 1 is 1.24 bits per heavy atom. The molecule has 2 heterocycles. The van der Waals surface area contributed by atoms with Gasteiger partial charge in [0, 0.05) is 36.0 Å². The van der Waals surface area contributed by atoms with Crippen LogP contribution in [0.4, 0.5) is 10.8 Å². The van der Waals surface area contributed by atoms with Gasteiger partial charge in [-0.3, -0.25) is 9.59 Å². The highest BCUT2D eigenvalue weighted by molar-refractivity contribution is 7.15. The third-order valence-electron chi connectivity index (χ3n) is 5.17. The second kappa shape index (κ2) is 10.5. The summed E-state index contributed by atoms with van der Waals surface area (Å²) in [7, 11) is 0. The van der Waals surface area contributed by atoms with Crippen LogP contribution in [0.2, 0.25) is 10.0 Å². The Morgan fingerprint density at radius 3 is 2.88 bits per heavy atom. The molecule has 1 aromatic heterocycles. The van der Waals surface area contributed by atoms with Gasteiger partial charge >= 0.3 is 0 Å². The molecule has 2 amide bonds. The molecule has 33 heavy (non-hydrogen) atoms. The van der Waals surface area contributed by atoms with Gasteiger partial charge in [0.05, 0.1) is 11.6 Å². The van der Waals surface area contributed by atoms with Crippen molar-refractivity contribution in [1.29, 1.82) is 0 Å². The Balaban J connectivity index is 1.25. The Morgan fingerprint density at radius 2 is 2.09 bits per heavy atom. The minimum Gasteiger partial charge on any atom is -0.492 e. The number of amides is 2. The van der Waals surface area contributed by atoms with Crippen LogP contribution >= 0.6 is 34.5 Å². The van der Waals surface area contributed by atoms with Gasteiger partial charge in [0.15, 0.2) is 0 Å². The van der Waals surface area contributed by atoms with E-state index in [-0.39, 0.29) is 24.2 Å². The van der Waals surface area contributed by atoms with Crippen LogP contribution in [-0.2, 0) is 9.59 Å². The lowest BCUT2D eigenvalue weighted by molar-refractivity contribution is -0.117. The summed E-state index contributed by atoms with van der Waals surface area (Å²) in [4.78, 5) is 26.6. The van der Waals surface area contributed by atoms with Gasteiger partial charge in [0.2, 0.25) is 16.9 Å². The molecule has 172 valence electrons. The van der Waals surface area contributed by atoms with Crippen LogP contribution in [0.25, 0.3) is 0 Å². The number of aryl methyl sites for hydroxylation is 1. The molecule has 1 saturated heterocycles. The van der Waals surface area contributed by atoms with E-state index in [0.717, 1.165) is 16.3 Å². The zero-order valence-electron chi connectivity index (χ0n) is 17.9. The van der Waals surface area contributed by atoms with Crippen molar-refractivity contribution < 1.29 is 14.3 Å². The number of hydrogen-bond acceptors (Lipinski definition) is 6. The summed E-state index contributed by atoms with van der Waals surface area (Å²) in [5.74, 6) is 0.374. The molecule has 3 aromatic rings. The standard InChI is InChI=1S/C23H22Cl2N4O3S/c1-14-4-2-5-17(10-14)29-13-15(11-21(29)31)22-27-28-23(33-22)26-20(30)6-3-9-32-19-8-7-16(24)12-18(19)25/h2,4-5,7-8,10,12,15H,3,6,9,11,13H2,1H3,(H,26,28,30). The zero-order valence-corrected chi connectivity index (χ0v) is 20.2. The second-order valence-corrected chi connectivity index (χ2v) is 9.62. The van der Waals surface area contributed by atoms with Crippen molar-refractivity contribution in [3.63, 3.8) is 0 Å². The number of aromatic nitrogens is 2. The van der Waals surface area contributed by atoms with Gasteiger partial charge in [0.1, 0.15) is 10.8 Å². The predicted octanol–water partition coefficient (Wildman–Crippen LogP) is 5.47. The molecule has 0 radical (unpaired) electrons. The van der Waals surface area contributed by atoms with Crippen molar-refractivity contribution in [2.24, 2.45) is 0 Å². The molecular weight excluding hydrogens is 483 g/mol. The van der Waals surface area contributed by atoms with Crippen molar-refractivity contribution in [3.05, 3.63) is 63.1 Å². The number of anilines is 2. The number of hydrogen-bond donors (Lipinski definition) is 1. The number of rotatable bonds is 8. The van der Waals surface area contributed by atoms with Gasteiger partial charge < -0.3 is 15.0 Å². The van der Waals surface area contributed by atoms with Gasteiger partial charge in [-0.25, -0.2) is 0 Å². The monoisotopic (exact) mass is 504 g/mol. The minimum atomic E-state index is -0.174. The number of halogens is 2. The lowest BCUT2D eigenvalue weighted by Crippen LogP contribution is -2.24. The molecular formula is C23H22Cl2N4O3S. The van der Waals surface area contributed by atoms with Crippen molar-refractivity contribution in [2.75, 3.05) is 23.4 Å². The lowest BCUT2D eigenvalue weighted by atomic mass is 10.1. The van der Waals surface area contributed by atoms with Crippen LogP contribution in [0.3, 0.4) is 0 Å². The van der Waals surface area contributed by atoms with E-state index in [1.165, 1.54) is 11.3 Å². The van der Waals surface area contributed by atoms with Crippen LogP contribution in [-0.4, -0.2) is 35.2 Å². The van der Waals surface area contributed by atoms with Crippen LogP contribution in [0.1, 0.15) is 35.8 Å². The highest BCUT2D eigenvalue weighted by atomic mass is 35.5. The van der Waals surface area contributed by atoms with Crippen molar-refractivity contribution >= 4 is 57.2 Å². The SMILES string of the molecule is Cc1cccc(N2CC(c3nnc(NC(=O)CCCOc4ccc(Cl)cc4Cl)s3)CC2=O)c1. The van der Waals surface area contributed by atoms with Crippen LogP contribution in [0, 0.1) is 6.92 Å². The van der Waals surface area contributed by atoms with Gasteiger partial charge in [-0.05, 0) is 49.2 Å². The molecule has 4 rings (SSSR count). The fraction of sp³-hybridized carbons (Fsp3) is 0.304. The summed E-state index contributed by atoms with van der Waals surface area (Å²) in [6.07, 6.45) is 1.16. The first-order chi connectivity index (χ1) is 15.9. The van der Waals surface area contributed by atoms with E-state index in [2.05, 4.69) is 15.5 Å². The molecule has 1 aliphatic heterocycles. The highest BCUT2D eigenvalue weighted by Gasteiger charge is 2.34. The maximum Gasteiger partial charge on any atom is 0.227 e. The molecule has 1 aliphatic rings. The number of benzene rings is 2. The first-order valence-corrected chi connectivity index (χ1v) is 12.0. The van der Waals surface area contributed by atoms with E-state index in [9.17, 15) is 9.59 Å². The largest absolute Gasteiger partial charge is 0.492 e. The molecule has 0 bridgehead atoms. The summed E-state index contributed by atoms with van der Waals surface area (Å²) in [6.45, 7) is 2.89. The molecule has 7 nitrogen and oxygen atoms in total. The topological polar surface area (TPSA) is 84.4 Å². The van der Waals surface area contributed by atoms with Crippen LogP contribution in [0.5, 0.6) is 5.75 Å². The first-order valence-electron chi connectivity index (χ1n) is 10.5. The summed E-state index contributed by atoms with van der Waals surface area (Å²) < 4.78 is 5.60. The van der Waals surface area contributed by atoms with E-state index in [1.54, 1.807) is 23.1 Å². The second-order valence-electron chi connectivity index (χ2n) is 7.76. The molecule has 1 N–H and O–H groups in total. The van der Waals surface area contributed by atoms with E-state index in [4.69, 9.17) is 27.9 Å². The molecule has 0 spiro atoms. The Hall–Kier alpha value is -2.68. The maximum absolute atomic E-state index is 12.5. The lowest BCUT2D eigenvalue weighted by Gasteiger charge is -2.16. The average molecular weight is 505 g/mol. The molecule has 10 heteroatoms. The van der Waals surface area contributed by atoms with Crippen LogP contribution < -0.4 is 15.0 Å². The highest BCUT2D eigenvalue weighted by Crippen LogP contribution is 2.34. The molecule has 1 atom stereocenters. The van der Waals surface area contributed by atoms with Crippen molar-refractivity contribution in [3.8, 4) is 5.75 Å². The summed E-state index contributed by atoms with van der Waals surface area (Å²) >= 11 is 13.2. The van der Waals surface area contributed by atoms with Gasteiger partial charge in [-0.15, -0.1) is 10.2 Å². The van der Waals surface area contributed by atoms with Gasteiger partial charge in [-0.2, -0.15) is 0 Å². The molecule has 1 fully saturated rings. The smallest absolute Gasteiger partial charge is 0.227 e. The van der Waals surface area contributed by atoms with Crippen molar-refractivity contribution in [2.45, 2.75) is 32.1 Å². The Labute approximate surface area is 205 Å². The van der Waals surface area contributed by atoms with Gasteiger partial charge in [-0.1, -0.05) is 46.7 Å². The third-order valence-corrected chi connectivity index (χ3v) is 6.71. The van der Waals surface area contributed by atoms with Gasteiger partial charge in [0.25, 0.3) is 0 Å². The number of carbonyl (C=O) groups excluding carboxylic acids is 2. The molecule has 0 saturated carbocycles. The number of ether oxygens (including phenoxy) is 1. The number of carbonyl (C=O) groups is 2. The molecule has 0 aliphatic carbocycles. The fourth-order valence-electron chi connectivity index (χ4n) is 3.56. The van der Waals surface area contributed by atoms with E-state index in [1.807, 2.05) is 31.2 Å². The van der Waals surface area contributed by atoms with E-state index < -0.39 is 0 Å². The molecule has 2 aromatic carbocycles. The fourth-order valence-corrected chi connectivity index (χ4v) is 4.87. The van der Waals surface area contributed by atoms with E-state index in [0.29, 0.717) is 46.9 Å². The summed E-state index contributed by atoms with van der Waals surface area (Å²) in [5.41, 5.74) is 1.99. The summed E-state index contributed by atoms with van der Waals surface area (Å²) in [6, 6.07) is 12.9. The quantitative estimate of drug-likeness (QED) is 0.411. The summed E-state index contributed by atoms with van der Waals surface area (Å²) in [5, 5.41) is 13.2. The normalized spacial score (nSPS) is 15.7. The maximum atomic E-state index is 12.5. The first kappa shape index (κ1) is 23.5. The van der Waals surface area contributed by atoms with Crippen molar-refractivity contribution in [1.82, 2.24) is 10.2 Å². The van der Waals surface area contributed by atoms with Crippen LogP contribution in [0.15, 0.2) is 42.5 Å². The predicted molar refractivity (Wildman–Crippen MR) is 131 cm³/mol. The number of nitrogens with zero attached hydrogens (tertiary/aromatic N) is 3. The Bertz CT molecular complexity index is 1170. The zero-order chi connectivity index (χ0) is 23.4. The van der Waals surface area contributed by atoms with E-state index >= 15 is 0 Å².